The first-order chi connectivity index (χ1) is 9.10. The highest BCUT2D eigenvalue weighted by Crippen LogP contribution is 2.24. The van der Waals surface area contributed by atoms with Crippen molar-refractivity contribution in [2.45, 2.75) is 34.1 Å². The molecule has 2 rings (SSSR count). The van der Waals surface area contributed by atoms with Gasteiger partial charge in [-0.15, -0.1) is 0 Å². The number of aryl methyl sites for hydroxylation is 3. The van der Waals surface area contributed by atoms with Crippen molar-refractivity contribution in [2.24, 2.45) is 0 Å². The number of nitrogens with zero attached hydrogens (tertiary/aromatic N) is 2. The van der Waals surface area contributed by atoms with Crippen molar-refractivity contribution < 1.29 is 0 Å². The molecule has 1 heterocycles. The van der Waals surface area contributed by atoms with E-state index in [1.165, 1.54) is 11.1 Å². The number of rotatable bonds is 4. The maximum absolute atomic E-state index is 4.64. The van der Waals surface area contributed by atoms with Crippen molar-refractivity contribution in [3.05, 3.63) is 41.1 Å². The van der Waals surface area contributed by atoms with Crippen molar-refractivity contribution in [1.82, 2.24) is 9.97 Å². The van der Waals surface area contributed by atoms with Crippen molar-refractivity contribution in [2.75, 3.05) is 11.9 Å². The fraction of sp³-hybridized carbons (Fsp3) is 0.375. The molecular formula is C16H21N3. The zero-order chi connectivity index (χ0) is 13.8. The summed E-state index contributed by atoms with van der Waals surface area (Å²) >= 11 is 0. The maximum Gasteiger partial charge on any atom is 0.223 e. The quantitative estimate of drug-likeness (QED) is 0.900. The average Bonchev–Trinajstić information content (AvgIpc) is 2.36. The van der Waals surface area contributed by atoms with E-state index in [-0.39, 0.29) is 0 Å². The Morgan fingerprint density at radius 1 is 1.05 bits per heavy atom. The van der Waals surface area contributed by atoms with Gasteiger partial charge < -0.3 is 5.32 Å². The molecule has 3 heteroatoms. The van der Waals surface area contributed by atoms with Crippen LogP contribution < -0.4 is 5.32 Å². The van der Waals surface area contributed by atoms with Gasteiger partial charge in [-0.3, -0.25) is 0 Å². The standard InChI is InChI=1S/C16H21N3/c1-5-6-17-16-18-10-13(4)15(19-16)14-8-11(2)7-12(3)9-14/h7-10H,5-6H2,1-4H3,(H,17,18,19). The van der Waals surface area contributed by atoms with Gasteiger partial charge in [0.25, 0.3) is 0 Å². The van der Waals surface area contributed by atoms with E-state index < -0.39 is 0 Å². The van der Waals surface area contributed by atoms with E-state index in [1.54, 1.807) is 0 Å². The van der Waals surface area contributed by atoms with Gasteiger partial charge in [0.15, 0.2) is 0 Å². The van der Waals surface area contributed by atoms with Crippen LogP contribution in [-0.4, -0.2) is 16.5 Å². The summed E-state index contributed by atoms with van der Waals surface area (Å²) < 4.78 is 0. The number of aromatic nitrogens is 2. The molecule has 0 radical (unpaired) electrons. The molecule has 19 heavy (non-hydrogen) atoms. The van der Waals surface area contributed by atoms with E-state index in [4.69, 9.17) is 0 Å². The Balaban J connectivity index is 2.42. The average molecular weight is 255 g/mol. The molecule has 0 aliphatic carbocycles. The largest absolute Gasteiger partial charge is 0.354 e. The monoisotopic (exact) mass is 255 g/mol. The first-order valence-corrected chi connectivity index (χ1v) is 6.76. The van der Waals surface area contributed by atoms with Crippen LogP contribution in [0.1, 0.15) is 30.0 Å². The Morgan fingerprint density at radius 3 is 2.37 bits per heavy atom. The zero-order valence-corrected chi connectivity index (χ0v) is 12.1. The van der Waals surface area contributed by atoms with E-state index >= 15 is 0 Å². The summed E-state index contributed by atoms with van der Waals surface area (Å²) in [7, 11) is 0. The smallest absolute Gasteiger partial charge is 0.223 e. The Morgan fingerprint density at radius 2 is 1.74 bits per heavy atom. The molecule has 1 aromatic carbocycles. The SMILES string of the molecule is CCCNc1ncc(C)c(-c2cc(C)cc(C)c2)n1. The summed E-state index contributed by atoms with van der Waals surface area (Å²) in [5.41, 5.74) is 5.80. The number of anilines is 1. The molecule has 1 N–H and O–H groups in total. The van der Waals surface area contributed by atoms with E-state index in [2.05, 4.69) is 61.2 Å². The fourth-order valence-corrected chi connectivity index (χ4v) is 2.17. The normalized spacial score (nSPS) is 10.5. The molecule has 0 saturated carbocycles. The second kappa shape index (κ2) is 5.83. The molecule has 0 saturated heterocycles. The lowest BCUT2D eigenvalue weighted by molar-refractivity contribution is 0.950. The summed E-state index contributed by atoms with van der Waals surface area (Å²) in [4.78, 5) is 8.96. The van der Waals surface area contributed by atoms with Crippen LogP contribution in [-0.2, 0) is 0 Å². The highest BCUT2D eigenvalue weighted by Gasteiger charge is 2.07. The van der Waals surface area contributed by atoms with Crippen molar-refractivity contribution in [1.29, 1.82) is 0 Å². The van der Waals surface area contributed by atoms with E-state index in [1.807, 2.05) is 6.20 Å². The van der Waals surface area contributed by atoms with Crippen LogP contribution in [0.3, 0.4) is 0 Å². The molecule has 0 aliphatic rings. The lowest BCUT2D eigenvalue weighted by atomic mass is 10.0. The van der Waals surface area contributed by atoms with Crippen LogP contribution in [0.25, 0.3) is 11.3 Å². The van der Waals surface area contributed by atoms with Crippen LogP contribution >= 0.6 is 0 Å². The lowest BCUT2D eigenvalue weighted by Crippen LogP contribution is -2.05. The first-order valence-electron chi connectivity index (χ1n) is 6.76. The fourth-order valence-electron chi connectivity index (χ4n) is 2.17. The molecule has 0 atom stereocenters. The second-order valence-corrected chi connectivity index (χ2v) is 5.03. The number of hydrogen-bond acceptors (Lipinski definition) is 3. The van der Waals surface area contributed by atoms with Gasteiger partial charge in [0, 0.05) is 18.3 Å². The van der Waals surface area contributed by atoms with Crippen molar-refractivity contribution in [3.8, 4) is 11.3 Å². The van der Waals surface area contributed by atoms with Gasteiger partial charge in [-0.25, -0.2) is 9.97 Å². The van der Waals surface area contributed by atoms with Crippen LogP contribution in [0, 0.1) is 20.8 Å². The minimum absolute atomic E-state index is 0.710. The molecule has 0 aliphatic heterocycles. The molecule has 1 aromatic heterocycles. The Labute approximate surface area is 115 Å². The lowest BCUT2D eigenvalue weighted by Gasteiger charge is -2.10. The van der Waals surface area contributed by atoms with Gasteiger partial charge in [-0.2, -0.15) is 0 Å². The second-order valence-electron chi connectivity index (χ2n) is 5.03. The summed E-state index contributed by atoms with van der Waals surface area (Å²) in [6.45, 7) is 9.31. The Bertz CT molecular complexity index is 556. The van der Waals surface area contributed by atoms with Gasteiger partial charge in [-0.05, 0) is 44.9 Å². The van der Waals surface area contributed by atoms with Gasteiger partial charge in [-0.1, -0.05) is 24.1 Å². The number of hydrogen-bond donors (Lipinski definition) is 1. The van der Waals surface area contributed by atoms with Crippen molar-refractivity contribution >= 4 is 5.95 Å². The Kier molecular flexibility index (Phi) is 4.15. The third-order valence-electron chi connectivity index (χ3n) is 3.00. The minimum atomic E-state index is 0.710. The highest BCUT2D eigenvalue weighted by molar-refractivity contribution is 5.65. The summed E-state index contributed by atoms with van der Waals surface area (Å²) in [5.74, 6) is 0.710. The van der Waals surface area contributed by atoms with Gasteiger partial charge in [0.2, 0.25) is 5.95 Å². The van der Waals surface area contributed by atoms with Crippen molar-refractivity contribution in [3.63, 3.8) is 0 Å². The third kappa shape index (κ3) is 3.31. The molecule has 0 amide bonds. The van der Waals surface area contributed by atoms with Gasteiger partial charge >= 0.3 is 0 Å². The molecule has 100 valence electrons. The zero-order valence-electron chi connectivity index (χ0n) is 12.1. The molecule has 0 unspecified atom stereocenters. The molecule has 0 fully saturated rings. The first kappa shape index (κ1) is 13.5. The van der Waals surface area contributed by atoms with Crippen LogP contribution in [0.5, 0.6) is 0 Å². The highest BCUT2D eigenvalue weighted by atomic mass is 15.1. The van der Waals surface area contributed by atoms with E-state index in [9.17, 15) is 0 Å². The number of benzene rings is 1. The summed E-state index contributed by atoms with van der Waals surface area (Å²) in [6.07, 6.45) is 2.95. The molecule has 3 nitrogen and oxygen atoms in total. The minimum Gasteiger partial charge on any atom is -0.354 e. The van der Waals surface area contributed by atoms with Crippen LogP contribution in [0.2, 0.25) is 0 Å². The third-order valence-corrected chi connectivity index (χ3v) is 3.00. The molecule has 0 bridgehead atoms. The summed E-state index contributed by atoms with van der Waals surface area (Å²) in [6, 6.07) is 6.52. The maximum atomic E-state index is 4.64. The van der Waals surface area contributed by atoms with Gasteiger partial charge in [0.1, 0.15) is 0 Å². The molecule has 2 aromatic rings. The Hall–Kier alpha value is -1.90. The molecule has 0 spiro atoms. The van der Waals surface area contributed by atoms with E-state index in [0.29, 0.717) is 5.95 Å². The molecular weight excluding hydrogens is 234 g/mol. The van der Waals surface area contributed by atoms with Crippen LogP contribution in [0.4, 0.5) is 5.95 Å². The van der Waals surface area contributed by atoms with Crippen LogP contribution in [0.15, 0.2) is 24.4 Å². The predicted octanol–water partition coefficient (Wildman–Crippen LogP) is 3.89. The summed E-state index contributed by atoms with van der Waals surface area (Å²) in [5, 5.41) is 3.24. The van der Waals surface area contributed by atoms with Gasteiger partial charge in [0.05, 0.1) is 5.69 Å². The predicted molar refractivity (Wildman–Crippen MR) is 80.5 cm³/mol. The topological polar surface area (TPSA) is 37.8 Å². The van der Waals surface area contributed by atoms with E-state index in [0.717, 1.165) is 29.8 Å². The number of nitrogens with one attached hydrogen (secondary N) is 1.